The van der Waals surface area contributed by atoms with Crippen LogP contribution in [0.3, 0.4) is 0 Å². The van der Waals surface area contributed by atoms with E-state index in [9.17, 15) is 4.79 Å². The summed E-state index contributed by atoms with van der Waals surface area (Å²) >= 11 is 1.51. The van der Waals surface area contributed by atoms with E-state index < -0.39 is 0 Å². The summed E-state index contributed by atoms with van der Waals surface area (Å²) in [6.07, 6.45) is 3.41. The molecule has 0 fully saturated rings. The summed E-state index contributed by atoms with van der Waals surface area (Å²) in [7, 11) is 1.71. The lowest BCUT2D eigenvalue weighted by atomic mass is 10.1. The molecule has 2 heterocycles. The molecule has 0 unspecified atom stereocenters. The topological polar surface area (TPSA) is 55.6 Å². The Balaban J connectivity index is 2.23. The molecule has 1 amide bonds. The Hall–Kier alpha value is -1.07. The van der Waals surface area contributed by atoms with Gasteiger partial charge in [-0.05, 0) is 30.9 Å². The first-order valence-electron chi connectivity index (χ1n) is 5.88. The number of carbonyl (C=O) groups excluding carboxylic acids is 1. The van der Waals surface area contributed by atoms with Crippen molar-refractivity contribution < 1.29 is 9.53 Å². The standard InChI is InChI=1S/C12H18N2O2S/c1-16-7-6-14-5-3-2-4-9-8-10(11(13)15)17-12(9)14/h8H,2-7H2,1H3,(H2,13,15). The number of hydrogen-bond donors (Lipinski definition) is 1. The second-order valence-electron chi connectivity index (χ2n) is 4.24. The van der Waals surface area contributed by atoms with Crippen LogP contribution in [0.2, 0.25) is 0 Å². The molecule has 2 rings (SSSR count). The summed E-state index contributed by atoms with van der Waals surface area (Å²) in [5, 5.41) is 1.20. The number of carbonyl (C=O) groups is 1. The van der Waals surface area contributed by atoms with Crippen LogP contribution >= 0.6 is 11.3 Å². The third-order valence-electron chi connectivity index (χ3n) is 3.01. The van der Waals surface area contributed by atoms with Gasteiger partial charge in [-0.15, -0.1) is 11.3 Å². The van der Waals surface area contributed by atoms with Crippen LogP contribution in [-0.2, 0) is 11.2 Å². The first-order valence-corrected chi connectivity index (χ1v) is 6.70. The monoisotopic (exact) mass is 254 g/mol. The Labute approximate surface area is 105 Å². The smallest absolute Gasteiger partial charge is 0.258 e. The van der Waals surface area contributed by atoms with Crippen LogP contribution in [0.15, 0.2) is 6.07 Å². The number of primary amides is 1. The van der Waals surface area contributed by atoms with E-state index in [0.29, 0.717) is 11.5 Å². The van der Waals surface area contributed by atoms with Gasteiger partial charge in [0.05, 0.1) is 16.5 Å². The molecule has 1 aromatic rings. The molecule has 0 aromatic carbocycles. The highest BCUT2D eigenvalue weighted by Crippen LogP contribution is 2.34. The van der Waals surface area contributed by atoms with E-state index >= 15 is 0 Å². The minimum Gasteiger partial charge on any atom is -0.383 e. The summed E-state index contributed by atoms with van der Waals surface area (Å²) < 4.78 is 5.13. The van der Waals surface area contributed by atoms with E-state index in [4.69, 9.17) is 10.5 Å². The maximum atomic E-state index is 11.2. The van der Waals surface area contributed by atoms with Gasteiger partial charge in [0.25, 0.3) is 5.91 Å². The van der Waals surface area contributed by atoms with Gasteiger partial charge >= 0.3 is 0 Å². The molecule has 1 aliphatic rings. The minimum absolute atomic E-state index is 0.324. The van der Waals surface area contributed by atoms with Crippen LogP contribution in [0, 0.1) is 0 Å². The number of methoxy groups -OCH3 is 1. The van der Waals surface area contributed by atoms with Gasteiger partial charge in [-0.25, -0.2) is 0 Å². The maximum absolute atomic E-state index is 11.2. The molecule has 0 bridgehead atoms. The zero-order valence-corrected chi connectivity index (χ0v) is 10.9. The van der Waals surface area contributed by atoms with Crippen molar-refractivity contribution >= 4 is 22.2 Å². The molecule has 0 atom stereocenters. The second kappa shape index (κ2) is 5.51. The quantitative estimate of drug-likeness (QED) is 0.888. The van der Waals surface area contributed by atoms with Gasteiger partial charge < -0.3 is 15.4 Å². The van der Waals surface area contributed by atoms with Crippen LogP contribution in [0.1, 0.15) is 28.1 Å². The zero-order chi connectivity index (χ0) is 12.3. The fourth-order valence-corrected chi connectivity index (χ4v) is 3.24. The molecular formula is C12H18N2O2S. The van der Waals surface area contributed by atoms with Gasteiger partial charge in [-0.3, -0.25) is 4.79 Å². The molecule has 0 spiro atoms. The van der Waals surface area contributed by atoms with E-state index in [-0.39, 0.29) is 5.91 Å². The Morgan fingerprint density at radius 2 is 2.41 bits per heavy atom. The lowest BCUT2D eigenvalue weighted by Gasteiger charge is -2.21. The van der Waals surface area contributed by atoms with E-state index in [1.54, 1.807) is 7.11 Å². The fourth-order valence-electron chi connectivity index (χ4n) is 2.12. The lowest BCUT2D eigenvalue weighted by molar-refractivity contribution is 0.100. The molecule has 0 radical (unpaired) electrons. The average molecular weight is 254 g/mol. The summed E-state index contributed by atoms with van der Waals surface area (Å²) in [5.74, 6) is -0.324. The number of amides is 1. The number of nitrogens with zero attached hydrogens (tertiary/aromatic N) is 1. The van der Waals surface area contributed by atoms with Crippen molar-refractivity contribution in [2.24, 2.45) is 5.73 Å². The Bertz CT molecular complexity index is 403. The van der Waals surface area contributed by atoms with Gasteiger partial charge in [0.1, 0.15) is 0 Å². The third-order valence-corrected chi connectivity index (χ3v) is 4.26. The van der Waals surface area contributed by atoms with Crippen molar-refractivity contribution in [1.82, 2.24) is 0 Å². The Kier molecular flexibility index (Phi) is 4.02. The highest BCUT2D eigenvalue weighted by molar-refractivity contribution is 7.18. The Morgan fingerprint density at radius 1 is 1.59 bits per heavy atom. The van der Waals surface area contributed by atoms with Crippen LogP contribution in [-0.4, -0.2) is 32.7 Å². The largest absolute Gasteiger partial charge is 0.383 e. The van der Waals surface area contributed by atoms with Gasteiger partial charge in [-0.1, -0.05) is 0 Å². The fraction of sp³-hybridized carbons (Fsp3) is 0.583. The van der Waals surface area contributed by atoms with E-state index in [0.717, 1.165) is 19.5 Å². The number of aryl methyl sites for hydroxylation is 1. The summed E-state index contributed by atoms with van der Waals surface area (Å²) in [4.78, 5) is 14.2. The second-order valence-corrected chi connectivity index (χ2v) is 5.27. The van der Waals surface area contributed by atoms with Crippen molar-refractivity contribution in [3.05, 3.63) is 16.5 Å². The SMILES string of the molecule is COCCN1CCCCc2cc(C(N)=O)sc21. The summed E-state index contributed by atoms with van der Waals surface area (Å²) in [5.41, 5.74) is 6.60. The number of thiophene rings is 1. The predicted octanol–water partition coefficient (Wildman–Crippen LogP) is 1.64. The van der Waals surface area contributed by atoms with E-state index in [2.05, 4.69) is 4.90 Å². The normalized spacial score (nSPS) is 15.5. The van der Waals surface area contributed by atoms with Gasteiger partial charge in [0.15, 0.2) is 0 Å². The summed E-state index contributed by atoms with van der Waals surface area (Å²) in [6, 6.07) is 1.95. The van der Waals surface area contributed by atoms with Crippen LogP contribution < -0.4 is 10.6 Å². The first-order chi connectivity index (χ1) is 8.22. The van der Waals surface area contributed by atoms with Crippen molar-refractivity contribution in [2.45, 2.75) is 19.3 Å². The molecule has 5 heteroatoms. The molecular weight excluding hydrogens is 236 g/mol. The molecule has 2 N–H and O–H groups in total. The number of rotatable bonds is 4. The molecule has 94 valence electrons. The van der Waals surface area contributed by atoms with Crippen LogP contribution in [0.4, 0.5) is 5.00 Å². The third kappa shape index (κ3) is 2.79. The van der Waals surface area contributed by atoms with Crippen molar-refractivity contribution in [3.8, 4) is 0 Å². The maximum Gasteiger partial charge on any atom is 0.258 e. The Morgan fingerprint density at radius 3 is 3.12 bits per heavy atom. The molecule has 0 saturated carbocycles. The van der Waals surface area contributed by atoms with Crippen LogP contribution in [0.25, 0.3) is 0 Å². The number of nitrogens with two attached hydrogens (primary N) is 1. The number of ether oxygens (including phenoxy) is 1. The van der Waals surface area contributed by atoms with E-state index in [1.807, 2.05) is 6.07 Å². The van der Waals surface area contributed by atoms with Gasteiger partial charge in [0.2, 0.25) is 0 Å². The molecule has 0 saturated heterocycles. The number of anilines is 1. The number of fused-ring (bicyclic) bond motifs is 1. The molecule has 1 aliphatic heterocycles. The molecule has 4 nitrogen and oxygen atoms in total. The average Bonchev–Trinajstić information content (AvgIpc) is 2.64. The minimum atomic E-state index is -0.324. The van der Waals surface area contributed by atoms with Gasteiger partial charge in [-0.2, -0.15) is 0 Å². The lowest BCUT2D eigenvalue weighted by Crippen LogP contribution is -2.27. The predicted molar refractivity (Wildman–Crippen MR) is 69.9 cm³/mol. The van der Waals surface area contributed by atoms with Crippen molar-refractivity contribution in [2.75, 3.05) is 31.7 Å². The van der Waals surface area contributed by atoms with Crippen molar-refractivity contribution in [1.29, 1.82) is 0 Å². The summed E-state index contributed by atoms with van der Waals surface area (Å²) in [6.45, 7) is 2.63. The van der Waals surface area contributed by atoms with Gasteiger partial charge in [0, 0.05) is 20.2 Å². The first kappa shape index (κ1) is 12.4. The van der Waals surface area contributed by atoms with E-state index in [1.165, 1.54) is 34.7 Å². The highest BCUT2D eigenvalue weighted by Gasteiger charge is 2.20. The molecule has 17 heavy (non-hydrogen) atoms. The number of hydrogen-bond acceptors (Lipinski definition) is 4. The molecule has 0 aliphatic carbocycles. The zero-order valence-electron chi connectivity index (χ0n) is 10.1. The highest BCUT2D eigenvalue weighted by atomic mass is 32.1. The molecule has 1 aromatic heterocycles. The van der Waals surface area contributed by atoms with Crippen LogP contribution in [0.5, 0.6) is 0 Å². The van der Waals surface area contributed by atoms with Crippen molar-refractivity contribution in [3.63, 3.8) is 0 Å².